The molecule has 0 aliphatic carbocycles. The first-order valence-corrected chi connectivity index (χ1v) is 12.1. The number of carbonyl (C=O) groups is 2. The van der Waals surface area contributed by atoms with Crippen molar-refractivity contribution >= 4 is 39.3 Å². The first-order valence-electron chi connectivity index (χ1n) is 10.9. The summed E-state index contributed by atoms with van der Waals surface area (Å²) in [5, 5.41) is 3.54. The van der Waals surface area contributed by atoms with E-state index in [2.05, 4.69) is 21.2 Å². The highest BCUT2D eigenvalue weighted by Crippen LogP contribution is 2.21. The van der Waals surface area contributed by atoms with Gasteiger partial charge in [0.25, 0.3) is 0 Å². The summed E-state index contributed by atoms with van der Waals surface area (Å²) in [6, 6.07) is 24.2. The number of nitrogens with zero attached hydrogens (tertiary/aromatic N) is 1. The lowest BCUT2D eigenvalue weighted by Gasteiger charge is -2.32. The van der Waals surface area contributed by atoms with E-state index in [1.54, 1.807) is 11.0 Å². The smallest absolute Gasteiger partial charge is 0.243 e. The fourth-order valence-electron chi connectivity index (χ4n) is 3.63. The monoisotopic (exact) mass is 526 g/mol. The molecule has 1 unspecified atom stereocenters. The van der Waals surface area contributed by atoms with Gasteiger partial charge in [0, 0.05) is 28.5 Å². The molecule has 0 bridgehead atoms. The summed E-state index contributed by atoms with van der Waals surface area (Å²) in [5.41, 5.74) is 2.68. The summed E-state index contributed by atoms with van der Waals surface area (Å²) >= 11 is 9.79. The zero-order chi connectivity index (χ0) is 23.8. The van der Waals surface area contributed by atoms with E-state index in [4.69, 9.17) is 11.6 Å². The van der Waals surface area contributed by atoms with E-state index in [0.717, 1.165) is 21.2 Å². The molecule has 0 radical (unpaired) electrons. The van der Waals surface area contributed by atoms with Gasteiger partial charge in [0.05, 0.1) is 6.42 Å². The maximum atomic E-state index is 13.6. The van der Waals surface area contributed by atoms with Crippen molar-refractivity contribution in [1.82, 2.24) is 10.2 Å². The minimum Gasteiger partial charge on any atom is -0.352 e. The van der Waals surface area contributed by atoms with Crippen molar-refractivity contribution in [3.05, 3.63) is 105 Å². The number of carbonyl (C=O) groups excluding carboxylic acids is 2. The van der Waals surface area contributed by atoms with E-state index >= 15 is 0 Å². The average Bonchev–Trinajstić information content (AvgIpc) is 2.79. The van der Waals surface area contributed by atoms with Crippen molar-refractivity contribution in [2.24, 2.45) is 0 Å². The summed E-state index contributed by atoms with van der Waals surface area (Å²) < 4.78 is 0.957. The quantitative estimate of drug-likeness (QED) is 0.382. The van der Waals surface area contributed by atoms with Crippen LogP contribution in [0.4, 0.5) is 0 Å². The largest absolute Gasteiger partial charge is 0.352 e. The highest BCUT2D eigenvalue weighted by molar-refractivity contribution is 9.10. The molecule has 0 aromatic heterocycles. The molecule has 0 spiro atoms. The number of halogens is 2. The molecule has 4 nitrogen and oxygen atoms in total. The number of nitrogens with one attached hydrogen (secondary N) is 1. The lowest BCUT2D eigenvalue weighted by Crippen LogP contribution is -2.52. The van der Waals surface area contributed by atoms with E-state index < -0.39 is 6.04 Å². The van der Waals surface area contributed by atoms with E-state index in [-0.39, 0.29) is 24.3 Å². The average molecular weight is 528 g/mol. The van der Waals surface area contributed by atoms with Gasteiger partial charge in [-0.25, -0.2) is 0 Å². The predicted octanol–water partition coefficient (Wildman–Crippen LogP) is 5.81. The molecule has 0 saturated carbocycles. The molecule has 1 N–H and O–H groups in total. The second-order valence-electron chi connectivity index (χ2n) is 8.29. The van der Waals surface area contributed by atoms with Crippen LogP contribution in [0.5, 0.6) is 0 Å². The van der Waals surface area contributed by atoms with Gasteiger partial charge in [-0.1, -0.05) is 88.2 Å². The van der Waals surface area contributed by atoms with Crippen molar-refractivity contribution in [2.45, 2.75) is 45.3 Å². The van der Waals surface area contributed by atoms with Crippen molar-refractivity contribution in [2.75, 3.05) is 0 Å². The molecular formula is C27H28BrClN2O2. The molecule has 3 aromatic rings. The topological polar surface area (TPSA) is 49.4 Å². The molecule has 6 heteroatoms. The molecular weight excluding hydrogens is 500 g/mol. The standard InChI is InChI=1S/C27H28BrClN2O2/c1-19(2)30-27(33)25(16-20-8-4-3-5-9-20)31(18-21-12-14-23(28)15-13-21)26(32)17-22-10-6-7-11-24(22)29/h3-15,19,25H,16-18H2,1-2H3,(H,30,33). The third-order valence-electron chi connectivity index (χ3n) is 5.27. The van der Waals surface area contributed by atoms with Crippen LogP contribution in [0, 0.1) is 0 Å². The van der Waals surface area contributed by atoms with Gasteiger partial charge < -0.3 is 10.2 Å². The second kappa shape index (κ2) is 12.0. The van der Waals surface area contributed by atoms with Gasteiger partial charge >= 0.3 is 0 Å². The van der Waals surface area contributed by atoms with Gasteiger partial charge in [-0.3, -0.25) is 9.59 Å². The lowest BCUT2D eigenvalue weighted by atomic mass is 10.0. The van der Waals surface area contributed by atoms with Gasteiger partial charge in [-0.2, -0.15) is 0 Å². The molecule has 1 atom stereocenters. The van der Waals surface area contributed by atoms with Gasteiger partial charge in [0.15, 0.2) is 0 Å². The van der Waals surface area contributed by atoms with Crippen molar-refractivity contribution in [3.63, 3.8) is 0 Å². The normalized spacial score (nSPS) is 11.8. The maximum absolute atomic E-state index is 13.6. The third-order valence-corrected chi connectivity index (χ3v) is 6.17. The molecule has 0 aliphatic heterocycles. The lowest BCUT2D eigenvalue weighted by molar-refractivity contribution is -0.141. The van der Waals surface area contributed by atoms with Crippen molar-refractivity contribution < 1.29 is 9.59 Å². The minimum absolute atomic E-state index is 0.0380. The van der Waals surface area contributed by atoms with Crippen LogP contribution in [0.15, 0.2) is 83.3 Å². The summed E-state index contributed by atoms with van der Waals surface area (Å²) in [6.45, 7) is 4.16. The zero-order valence-corrected chi connectivity index (χ0v) is 21.1. The summed E-state index contributed by atoms with van der Waals surface area (Å²) in [7, 11) is 0. The Morgan fingerprint density at radius 2 is 1.55 bits per heavy atom. The molecule has 0 fully saturated rings. The molecule has 0 saturated heterocycles. The van der Waals surface area contributed by atoms with Gasteiger partial charge in [-0.05, 0) is 48.7 Å². The Labute approximate surface area is 209 Å². The number of hydrogen-bond donors (Lipinski definition) is 1. The Kier molecular flexibility index (Phi) is 9.10. The third kappa shape index (κ3) is 7.44. The molecule has 33 heavy (non-hydrogen) atoms. The Balaban J connectivity index is 1.97. The van der Waals surface area contributed by atoms with E-state index in [1.807, 2.05) is 86.6 Å². The van der Waals surface area contributed by atoms with Crippen LogP contribution in [-0.4, -0.2) is 28.8 Å². The number of hydrogen-bond acceptors (Lipinski definition) is 2. The summed E-state index contributed by atoms with van der Waals surface area (Å²) in [4.78, 5) is 28.6. The van der Waals surface area contributed by atoms with Crippen molar-refractivity contribution in [3.8, 4) is 0 Å². The zero-order valence-electron chi connectivity index (χ0n) is 18.8. The molecule has 0 aliphatic rings. The van der Waals surface area contributed by atoms with Crippen LogP contribution in [0.1, 0.15) is 30.5 Å². The summed E-state index contributed by atoms with van der Waals surface area (Å²) in [5.74, 6) is -0.315. The molecule has 3 rings (SSSR count). The predicted molar refractivity (Wildman–Crippen MR) is 137 cm³/mol. The Morgan fingerprint density at radius 1 is 0.909 bits per heavy atom. The molecule has 0 heterocycles. The van der Waals surface area contributed by atoms with Gasteiger partial charge in [0.1, 0.15) is 6.04 Å². The van der Waals surface area contributed by atoms with Crippen LogP contribution < -0.4 is 5.32 Å². The number of rotatable bonds is 9. The Hall–Kier alpha value is -2.63. The van der Waals surface area contributed by atoms with Gasteiger partial charge in [-0.15, -0.1) is 0 Å². The first kappa shape index (κ1) is 25.0. The number of benzene rings is 3. The van der Waals surface area contributed by atoms with E-state index in [9.17, 15) is 9.59 Å². The van der Waals surface area contributed by atoms with Crippen LogP contribution in [0.2, 0.25) is 5.02 Å². The first-order chi connectivity index (χ1) is 15.8. The highest BCUT2D eigenvalue weighted by Gasteiger charge is 2.31. The fraction of sp³-hybridized carbons (Fsp3) is 0.259. The second-order valence-corrected chi connectivity index (χ2v) is 9.61. The minimum atomic E-state index is -0.659. The molecule has 3 aromatic carbocycles. The highest BCUT2D eigenvalue weighted by atomic mass is 79.9. The van der Waals surface area contributed by atoms with Crippen LogP contribution in [0.3, 0.4) is 0 Å². The summed E-state index contributed by atoms with van der Waals surface area (Å²) in [6.07, 6.45) is 0.542. The van der Waals surface area contributed by atoms with E-state index in [1.165, 1.54) is 0 Å². The molecule has 172 valence electrons. The Morgan fingerprint density at radius 3 is 2.18 bits per heavy atom. The molecule has 2 amide bonds. The van der Waals surface area contributed by atoms with Crippen LogP contribution >= 0.6 is 27.5 Å². The maximum Gasteiger partial charge on any atom is 0.243 e. The van der Waals surface area contributed by atoms with E-state index in [0.29, 0.717) is 18.0 Å². The van der Waals surface area contributed by atoms with Crippen molar-refractivity contribution in [1.29, 1.82) is 0 Å². The SMILES string of the molecule is CC(C)NC(=O)C(Cc1ccccc1)N(Cc1ccc(Br)cc1)C(=O)Cc1ccccc1Cl. The van der Waals surface area contributed by atoms with Crippen LogP contribution in [-0.2, 0) is 29.0 Å². The van der Waals surface area contributed by atoms with Crippen LogP contribution in [0.25, 0.3) is 0 Å². The Bertz CT molecular complexity index is 1070. The van der Waals surface area contributed by atoms with Gasteiger partial charge in [0.2, 0.25) is 11.8 Å². The fourth-order valence-corrected chi connectivity index (χ4v) is 4.09. The number of amides is 2.